The molecule has 3 nitrogen and oxygen atoms in total. The van der Waals surface area contributed by atoms with Gasteiger partial charge >= 0.3 is 5.97 Å². The van der Waals surface area contributed by atoms with Gasteiger partial charge in [0, 0.05) is 13.1 Å². The van der Waals surface area contributed by atoms with Crippen molar-refractivity contribution in [2.45, 2.75) is 26.9 Å². The van der Waals surface area contributed by atoms with Crippen molar-refractivity contribution < 1.29 is 9.53 Å². The van der Waals surface area contributed by atoms with E-state index in [1.807, 2.05) is 32.9 Å². The standard InChI is InChI=1S/C10H17NO2/c1-10(2,3)9(12)13-8-5-4-6-11-7-8/h4-5,8,11H,6-7H2,1-3H3/t8-/m1/s1. The second kappa shape index (κ2) is 3.92. The van der Waals surface area contributed by atoms with Crippen LogP contribution in [0.3, 0.4) is 0 Å². The van der Waals surface area contributed by atoms with Gasteiger partial charge in [-0.25, -0.2) is 0 Å². The summed E-state index contributed by atoms with van der Waals surface area (Å²) in [5.41, 5.74) is -0.411. The third-order valence-corrected chi connectivity index (χ3v) is 1.83. The highest BCUT2D eigenvalue weighted by atomic mass is 16.5. The lowest BCUT2D eigenvalue weighted by Gasteiger charge is -2.23. The number of rotatable bonds is 1. The fourth-order valence-corrected chi connectivity index (χ4v) is 0.992. The van der Waals surface area contributed by atoms with E-state index in [1.54, 1.807) is 0 Å². The Morgan fingerprint density at radius 1 is 1.54 bits per heavy atom. The molecule has 1 rings (SSSR count). The van der Waals surface area contributed by atoms with Crippen LogP contribution in [0.15, 0.2) is 12.2 Å². The molecule has 0 radical (unpaired) electrons. The molecule has 0 spiro atoms. The number of carbonyl (C=O) groups excluding carboxylic acids is 1. The van der Waals surface area contributed by atoms with Crippen LogP contribution >= 0.6 is 0 Å². The first-order valence-electron chi connectivity index (χ1n) is 4.58. The third kappa shape index (κ3) is 3.19. The summed E-state index contributed by atoms with van der Waals surface area (Å²) in [5.74, 6) is -0.147. The fourth-order valence-electron chi connectivity index (χ4n) is 0.992. The number of ether oxygens (including phenoxy) is 1. The zero-order valence-electron chi connectivity index (χ0n) is 8.46. The largest absolute Gasteiger partial charge is 0.456 e. The van der Waals surface area contributed by atoms with Gasteiger partial charge in [0.2, 0.25) is 0 Å². The van der Waals surface area contributed by atoms with Crippen molar-refractivity contribution in [2.24, 2.45) is 5.41 Å². The summed E-state index contributed by atoms with van der Waals surface area (Å²) in [6.07, 6.45) is 3.81. The van der Waals surface area contributed by atoms with Crippen LogP contribution in [0.4, 0.5) is 0 Å². The Labute approximate surface area is 79.2 Å². The molecule has 0 aromatic heterocycles. The molecule has 1 heterocycles. The molecule has 13 heavy (non-hydrogen) atoms. The molecule has 0 aliphatic carbocycles. The highest BCUT2D eigenvalue weighted by Gasteiger charge is 2.25. The van der Waals surface area contributed by atoms with Crippen molar-refractivity contribution in [3.05, 3.63) is 12.2 Å². The summed E-state index contributed by atoms with van der Waals surface area (Å²) >= 11 is 0. The van der Waals surface area contributed by atoms with Gasteiger partial charge in [0.05, 0.1) is 5.41 Å². The topological polar surface area (TPSA) is 38.3 Å². The number of nitrogens with one attached hydrogen (secondary N) is 1. The van der Waals surface area contributed by atoms with Gasteiger partial charge in [-0.3, -0.25) is 4.79 Å². The van der Waals surface area contributed by atoms with E-state index in [9.17, 15) is 4.79 Å². The molecule has 0 aromatic carbocycles. The smallest absolute Gasteiger partial charge is 0.311 e. The first-order chi connectivity index (χ1) is 6.00. The molecular weight excluding hydrogens is 166 g/mol. The van der Waals surface area contributed by atoms with Crippen LogP contribution in [0.2, 0.25) is 0 Å². The van der Waals surface area contributed by atoms with Crippen molar-refractivity contribution in [1.29, 1.82) is 0 Å². The van der Waals surface area contributed by atoms with Crippen LogP contribution in [-0.2, 0) is 9.53 Å². The van der Waals surface area contributed by atoms with Crippen LogP contribution < -0.4 is 5.32 Å². The zero-order valence-corrected chi connectivity index (χ0v) is 8.46. The Morgan fingerprint density at radius 3 is 2.69 bits per heavy atom. The molecule has 74 valence electrons. The predicted molar refractivity (Wildman–Crippen MR) is 51.3 cm³/mol. The normalized spacial score (nSPS) is 22.8. The molecule has 1 aliphatic heterocycles. The van der Waals surface area contributed by atoms with E-state index in [1.165, 1.54) is 0 Å². The molecule has 0 bridgehead atoms. The van der Waals surface area contributed by atoms with Gasteiger partial charge in [-0.15, -0.1) is 0 Å². The Hall–Kier alpha value is -0.830. The van der Waals surface area contributed by atoms with Crippen LogP contribution in [0.5, 0.6) is 0 Å². The second-order valence-electron chi connectivity index (χ2n) is 4.28. The van der Waals surface area contributed by atoms with Crippen molar-refractivity contribution >= 4 is 5.97 Å². The van der Waals surface area contributed by atoms with Crippen LogP contribution in [0, 0.1) is 5.41 Å². The Bertz CT molecular complexity index is 215. The first-order valence-corrected chi connectivity index (χ1v) is 4.58. The molecule has 0 amide bonds. The molecule has 0 aromatic rings. The van der Waals surface area contributed by atoms with Gasteiger partial charge in [-0.05, 0) is 26.8 Å². The highest BCUT2D eigenvalue weighted by Crippen LogP contribution is 2.16. The summed E-state index contributed by atoms with van der Waals surface area (Å²) < 4.78 is 5.27. The summed E-state index contributed by atoms with van der Waals surface area (Å²) in [5, 5.41) is 3.13. The quantitative estimate of drug-likeness (QED) is 0.489. The van der Waals surface area contributed by atoms with Crippen molar-refractivity contribution in [3.63, 3.8) is 0 Å². The molecule has 1 N–H and O–H groups in total. The average Bonchev–Trinajstić information content (AvgIpc) is 2.04. The van der Waals surface area contributed by atoms with E-state index < -0.39 is 5.41 Å². The van der Waals surface area contributed by atoms with E-state index in [4.69, 9.17) is 4.74 Å². The van der Waals surface area contributed by atoms with Gasteiger partial charge in [0.25, 0.3) is 0 Å². The van der Waals surface area contributed by atoms with Gasteiger partial charge < -0.3 is 10.1 Å². The average molecular weight is 183 g/mol. The van der Waals surface area contributed by atoms with E-state index in [2.05, 4.69) is 5.32 Å². The van der Waals surface area contributed by atoms with Gasteiger partial charge in [-0.1, -0.05) is 6.08 Å². The lowest BCUT2D eigenvalue weighted by Crippen LogP contribution is -2.36. The summed E-state index contributed by atoms with van der Waals surface area (Å²) in [6.45, 7) is 7.15. The number of esters is 1. The molecule has 0 saturated heterocycles. The SMILES string of the molecule is CC(C)(C)C(=O)O[C@@H]1C=CCNC1. The van der Waals surface area contributed by atoms with Crippen molar-refractivity contribution in [1.82, 2.24) is 5.32 Å². The Kier molecular flexibility index (Phi) is 3.09. The molecule has 3 heteroatoms. The Balaban J connectivity index is 2.44. The molecule has 1 atom stereocenters. The summed E-state index contributed by atoms with van der Waals surface area (Å²) in [6, 6.07) is 0. The van der Waals surface area contributed by atoms with E-state index in [0.717, 1.165) is 13.1 Å². The molecule has 0 saturated carbocycles. The lowest BCUT2D eigenvalue weighted by atomic mass is 9.97. The third-order valence-electron chi connectivity index (χ3n) is 1.83. The minimum atomic E-state index is -0.411. The summed E-state index contributed by atoms with van der Waals surface area (Å²) in [4.78, 5) is 11.4. The maximum atomic E-state index is 11.4. The number of hydrogen-bond acceptors (Lipinski definition) is 3. The Morgan fingerprint density at radius 2 is 2.23 bits per heavy atom. The predicted octanol–water partition coefficient (Wildman–Crippen LogP) is 1.10. The monoisotopic (exact) mass is 183 g/mol. The number of hydrogen-bond donors (Lipinski definition) is 1. The van der Waals surface area contributed by atoms with Crippen molar-refractivity contribution in [3.8, 4) is 0 Å². The highest BCUT2D eigenvalue weighted by molar-refractivity contribution is 5.75. The summed E-state index contributed by atoms with van der Waals surface area (Å²) in [7, 11) is 0. The number of carbonyl (C=O) groups is 1. The van der Waals surface area contributed by atoms with E-state index in [-0.39, 0.29) is 12.1 Å². The van der Waals surface area contributed by atoms with Gasteiger partial charge in [0.1, 0.15) is 6.10 Å². The fraction of sp³-hybridized carbons (Fsp3) is 0.700. The maximum absolute atomic E-state index is 11.4. The van der Waals surface area contributed by atoms with Crippen LogP contribution in [-0.4, -0.2) is 25.2 Å². The van der Waals surface area contributed by atoms with Gasteiger partial charge in [0.15, 0.2) is 0 Å². The minimum Gasteiger partial charge on any atom is -0.456 e. The van der Waals surface area contributed by atoms with Crippen LogP contribution in [0.25, 0.3) is 0 Å². The van der Waals surface area contributed by atoms with E-state index >= 15 is 0 Å². The molecule has 1 aliphatic rings. The second-order valence-corrected chi connectivity index (χ2v) is 4.28. The lowest BCUT2D eigenvalue weighted by molar-refractivity contribution is -0.156. The maximum Gasteiger partial charge on any atom is 0.311 e. The molecule has 0 fully saturated rings. The van der Waals surface area contributed by atoms with Crippen LogP contribution in [0.1, 0.15) is 20.8 Å². The van der Waals surface area contributed by atoms with E-state index in [0.29, 0.717) is 0 Å². The van der Waals surface area contributed by atoms with Crippen molar-refractivity contribution in [2.75, 3.05) is 13.1 Å². The zero-order chi connectivity index (χ0) is 9.90. The molecular formula is C10H17NO2. The molecule has 0 unspecified atom stereocenters. The minimum absolute atomic E-state index is 0.0968. The van der Waals surface area contributed by atoms with Gasteiger partial charge in [-0.2, -0.15) is 0 Å². The first kappa shape index (κ1) is 10.3.